The lowest BCUT2D eigenvalue weighted by molar-refractivity contribution is -0.117. The molecule has 0 saturated carbocycles. The number of aromatic nitrogens is 2. The van der Waals surface area contributed by atoms with Gasteiger partial charge in [0.2, 0.25) is 11.0 Å². The average molecular weight is 301 g/mol. The van der Waals surface area contributed by atoms with E-state index in [1.54, 1.807) is 18.9 Å². The first kappa shape index (κ1) is 14.4. The van der Waals surface area contributed by atoms with Crippen LogP contribution in [0.1, 0.15) is 18.4 Å². The van der Waals surface area contributed by atoms with E-state index in [1.807, 2.05) is 0 Å². The maximum Gasteiger partial charge on any atom is 0.229 e. The molecule has 8 heteroatoms. The van der Waals surface area contributed by atoms with Crippen LogP contribution in [-0.4, -0.2) is 40.6 Å². The summed E-state index contributed by atoms with van der Waals surface area (Å²) in [5.74, 6) is 0.937. The molecule has 1 aliphatic heterocycles. The second kappa shape index (κ2) is 6.44. The lowest BCUT2D eigenvalue weighted by Crippen LogP contribution is -2.24. The van der Waals surface area contributed by atoms with Gasteiger partial charge in [-0.15, -0.1) is 10.2 Å². The fraction of sp³-hybridized carbons (Fsp3) is 0.636. The summed E-state index contributed by atoms with van der Waals surface area (Å²) in [4.78, 5) is 24.5. The Morgan fingerprint density at radius 3 is 3.05 bits per heavy atom. The zero-order valence-corrected chi connectivity index (χ0v) is 12.4. The molecule has 1 fully saturated rings. The lowest BCUT2D eigenvalue weighted by atomic mass is 10.1. The van der Waals surface area contributed by atoms with Crippen molar-refractivity contribution in [3.8, 4) is 0 Å². The molecule has 0 aliphatic carbocycles. The number of carbonyl (C=O) groups excluding carboxylic acids is 2. The Balaban J connectivity index is 1.96. The van der Waals surface area contributed by atoms with Gasteiger partial charge in [-0.25, -0.2) is 0 Å². The van der Waals surface area contributed by atoms with Crippen molar-refractivity contribution in [2.75, 3.05) is 24.3 Å². The molecule has 104 valence electrons. The molecule has 2 rings (SSSR count). The number of amides is 1. The second-order valence-electron chi connectivity index (χ2n) is 4.29. The van der Waals surface area contributed by atoms with Crippen molar-refractivity contribution in [2.24, 2.45) is 5.92 Å². The molecule has 19 heavy (non-hydrogen) atoms. The predicted molar refractivity (Wildman–Crippen MR) is 74.2 cm³/mol. The van der Waals surface area contributed by atoms with Gasteiger partial charge in [0.25, 0.3) is 0 Å². The molecular weight excluding hydrogens is 286 g/mol. The summed E-state index contributed by atoms with van der Waals surface area (Å²) in [6, 6.07) is 0. The average Bonchev–Trinajstić information content (AvgIpc) is 2.94. The van der Waals surface area contributed by atoms with Crippen LogP contribution in [0.4, 0.5) is 5.13 Å². The van der Waals surface area contributed by atoms with E-state index in [4.69, 9.17) is 4.74 Å². The highest BCUT2D eigenvalue weighted by atomic mass is 32.2. The van der Waals surface area contributed by atoms with Crippen LogP contribution in [-0.2, 0) is 20.9 Å². The van der Waals surface area contributed by atoms with E-state index in [9.17, 15) is 9.59 Å². The molecule has 0 spiro atoms. The summed E-state index contributed by atoms with van der Waals surface area (Å²) in [5.41, 5.74) is 0. The van der Waals surface area contributed by atoms with Crippen LogP contribution >= 0.6 is 23.1 Å². The first-order valence-corrected chi connectivity index (χ1v) is 7.65. The maximum atomic E-state index is 11.9. The van der Waals surface area contributed by atoms with Crippen molar-refractivity contribution in [3.63, 3.8) is 0 Å². The number of hydrogen-bond acceptors (Lipinski definition) is 7. The number of ether oxygens (including phenoxy) is 1. The monoisotopic (exact) mass is 301 g/mol. The SMILES string of the molecule is COCc1nnc(N2CC(CSC(C)=O)CC2=O)s1. The van der Waals surface area contributed by atoms with Gasteiger partial charge in [-0.1, -0.05) is 23.1 Å². The number of carbonyl (C=O) groups is 2. The quantitative estimate of drug-likeness (QED) is 0.816. The van der Waals surface area contributed by atoms with Crippen molar-refractivity contribution in [1.82, 2.24) is 10.2 Å². The van der Waals surface area contributed by atoms with Gasteiger partial charge in [0.1, 0.15) is 11.6 Å². The molecule has 1 amide bonds. The van der Waals surface area contributed by atoms with Gasteiger partial charge in [0.15, 0.2) is 5.12 Å². The standard InChI is InChI=1S/C11H15N3O3S2/c1-7(15)18-6-8-3-10(16)14(4-8)11-13-12-9(19-11)5-17-2/h8H,3-6H2,1-2H3. The molecular formula is C11H15N3O3S2. The van der Waals surface area contributed by atoms with Gasteiger partial charge >= 0.3 is 0 Å². The Hall–Kier alpha value is -0.990. The summed E-state index contributed by atoms with van der Waals surface area (Å²) >= 11 is 2.64. The van der Waals surface area contributed by atoms with Crippen LogP contribution in [0.25, 0.3) is 0 Å². The number of rotatable bonds is 5. The first-order valence-electron chi connectivity index (χ1n) is 5.85. The Morgan fingerprint density at radius 2 is 2.37 bits per heavy atom. The zero-order chi connectivity index (χ0) is 13.8. The van der Waals surface area contributed by atoms with Crippen LogP contribution in [0.15, 0.2) is 0 Å². The minimum atomic E-state index is 0.0502. The number of methoxy groups -OCH3 is 1. The summed E-state index contributed by atoms with van der Waals surface area (Å²) in [6.45, 7) is 2.56. The van der Waals surface area contributed by atoms with Crippen LogP contribution in [0, 0.1) is 5.92 Å². The molecule has 1 saturated heterocycles. The third kappa shape index (κ3) is 3.74. The molecule has 0 aromatic carbocycles. The van der Waals surface area contributed by atoms with E-state index >= 15 is 0 Å². The van der Waals surface area contributed by atoms with Crippen LogP contribution in [0.2, 0.25) is 0 Å². The van der Waals surface area contributed by atoms with Gasteiger partial charge in [-0.3, -0.25) is 14.5 Å². The molecule has 0 N–H and O–H groups in total. The normalized spacial score (nSPS) is 19.2. The maximum absolute atomic E-state index is 11.9. The Kier molecular flexibility index (Phi) is 4.89. The fourth-order valence-corrected chi connectivity index (χ4v) is 3.38. The summed E-state index contributed by atoms with van der Waals surface area (Å²) < 4.78 is 4.98. The molecule has 0 bridgehead atoms. The number of anilines is 1. The van der Waals surface area contributed by atoms with Gasteiger partial charge in [0, 0.05) is 32.8 Å². The largest absolute Gasteiger partial charge is 0.377 e. The smallest absolute Gasteiger partial charge is 0.229 e. The zero-order valence-electron chi connectivity index (χ0n) is 10.8. The minimum Gasteiger partial charge on any atom is -0.377 e. The molecule has 1 aromatic heterocycles. The molecule has 2 heterocycles. The highest BCUT2D eigenvalue weighted by Crippen LogP contribution is 2.29. The van der Waals surface area contributed by atoms with Gasteiger partial charge in [-0.2, -0.15) is 0 Å². The van der Waals surface area contributed by atoms with E-state index in [1.165, 1.54) is 23.1 Å². The molecule has 6 nitrogen and oxygen atoms in total. The second-order valence-corrected chi connectivity index (χ2v) is 6.53. The molecule has 1 atom stereocenters. The Labute approximate surface area is 119 Å². The highest BCUT2D eigenvalue weighted by molar-refractivity contribution is 8.13. The third-order valence-electron chi connectivity index (χ3n) is 2.68. The summed E-state index contributed by atoms with van der Waals surface area (Å²) in [5, 5.41) is 9.45. The van der Waals surface area contributed by atoms with E-state index in [0.29, 0.717) is 30.5 Å². The molecule has 0 radical (unpaired) electrons. The van der Waals surface area contributed by atoms with Crippen molar-refractivity contribution in [2.45, 2.75) is 20.0 Å². The molecule has 1 unspecified atom stereocenters. The third-order valence-corrected chi connectivity index (χ3v) is 4.65. The van der Waals surface area contributed by atoms with Crippen LogP contribution in [0.3, 0.4) is 0 Å². The van der Waals surface area contributed by atoms with Gasteiger partial charge in [0.05, 0.1) is 0 Å². The van der Waals surface area contributed by atoms with Gasteiger partial charge in [-0.05, 0) is 5.92 Å². The number of nitrogens with zero attached hydrogens (tertiary/aromatic N) is 3. The fourth-order valence-electron chi connectivity index (χ4n) is 1.85. The first-order chi connectivity index (χ1) is 9.10. The van der Waals surface area contributed by atoms with E-state index < -0.39 is 0 Å². The van der Waals surface area contributed by atoms with Gasteiger partial charge < -0.3 is 4.74 Å². The topological polar surface area (TPSA) is 72.4 Å². The summed E-state index contributed by atoms with van der Waals surface area (Å²) in [6.07, 6.45) is 0.472. The van der Waals surface area contributed by atoms with E-state index in [-0.39, 0.29) is 16.9 Å². The number of thioether (sulfide) groups is 1. The summed E-state index contributed by atoms with van der Waals surface area (Å²) in [7, 11) is 1.59. The number of hydrogen-bond donors (Lipinski definition) is 0. The Bertz CT molecular complexity index is 478. The van der Waals surface area contributed by atoms with Crippen molar-refractivity contribution < 1.29 is 14.3 Å². The molecule has 1 aliphatic rings. The van der Waals surface area contributed by atoms with Crippen molar-refractivity contribution >= 4 is 39.3 Å². The van der Waals surface area contributed by atoms with Crippen LogP contribution in [0.5, 0.6) is 0 Å². The molecule has 1 aromatic rings. The van der Waals surface area contributed by atoms with Crippen molar-refractivity contribution in [1.29, 1.82) is 0 Å². The lowest BCUT2D eigenvalue weighted by Gasteiger charge is -2.11. The van der Waals surface area contributed by atoms with Crippen LogP contribution < -0.4 is 4.90 Å². The minimum absolute atomic E-state index is 0.0502. The predicted octanol–water partition coefficient (Wildman–Crippen LogP) is 1.32. The highest BCUT2D eigenvalue weighted by Gasteiger charge is 2.32. The van der Waals surface area contributed by atoms with Crippen molar-refractivity contribution in [3.05, 3.63) is 5.01 Å². The van der Waals surface area contributed by atoms with E-state index in [2.05, 4.69) is 10.2 Å². The van der Waals surface area contributed by atoms with E-state index in [0.717, 1.165) is 5.01 Å². The Morgan fingerprint density at radius 1 is 1.58 bits per heavy atom.